The first kappa shape index (κ1) is 21.5. The van der Waals surface area contributed by atoms with Crippen LogP contribution in [-0.4, -0.2) is 60.1 Å². The summed E-state index contributed by atoms with van der Waals surface area (Å²) in [6.45, 7) is 5.31. The number of aromatic nitrogens is 2. The second-order valence-electron chi connectivity index (χ2n) is 8.78. The number of aromatic hydroxyl groups is 1. The molecule has 2 aliphatic rings. The second-order valence-corrected chi connectivity index (χ2v) is 8.78. The van der Waals surface area contributed by atoms with Crippen LogP contribution in [-0.2, 0) is 9.47 Å². The molecule has 0 bridgehead atoms. The normalized spacial score (nSPS) is 20.3. The third-order valence-corrected chi connectivity index (χ3v) is 6.26. The smallest absolute Gasteiger partial charge is 0.407 e. The minimum absolute atomic E-state index is 0. The molecular weight excluding hydrogens is 420 g/mol. The first-order chi connectivity index (χ1) is 16.1. The molecule has 2 aromatic carbocycles. The average molecular weight is 455 g/mol. The lowest BCUT2D eigenvalue weighted by Gasteiger charge is -2.21. The van der Waals surface area contributed by atoms with Gasteiger partial charge < -0.3 is 24.8 Å². The minimum atomic E-state index is -0.381. The van der Waals surface area contributed by atoms with Crippen molar-refractivity contribution in [2.24, 2.45) is 5.92 Å². The van der Waals surface area contributed by atoms with E-state index < -0.39 is 0 Å². The summed E-state index contributed by atoms with van der Waals surface area (Å²) in [7, 11) is 0. The molecule has 8 nitrogen and oxygen atoms in total. The molecule has 2 N–H and O–H groups in total. The number of phenolic OH excluding ortho intramolecular Hbond substituents is 1. The predicted molar refractivity (Wildman–Crippen MR) is 132 cm³/mol. The maximum atomic E-state index is 12.1. The van der Waals surface area contributed by atoms with Crippen LogP contribution in [0.3, 0.4) is 0 Å². The van der Waals surface area contributed by atoms with Gasteiger partial charge in [0.1, 0.15) is 17.7 Å². The fourth-order valence-corrected chi connectivity index (χ4v) is 4.47. The van der Waals surface area contributed by atoms with Gasteiger partial charge >= 0.3 is 6.09 Å². The van der Waals surface area contributed by atoms with Crippen molar-refractivity contribution in [2.75, 3.05) is 37.7 Å². The quantitative estimate of drug-likeness (QED) is 0.590. The standard InChI is InChI=1S/C25H28N4O4.3H2/c1-16-6-7-19-21(12-16)27-23(20-4-2-3-5-22(20)30)28-24(19)29-10-8-17(14-29)13-26-25(31)33-18-9-11-32-15-18;;;/h2-7,12,17-18,30H,8-11,13-15H2,1H3,(H,26,31);3*1H/t17-,18-;;;/m0.../s1. The van der Waals surface area contributed by atoms with Crippen molar-refractivity contribution in [2.45, 2.75) is 25.9 Å². The van der Waals surface area contributed by atoms with Gasteiger partial charge in [-0.05, 0) is 49.1 Å². The number of nitrogens with zero attached hydrogens (tertiary/aromatic N) is 3. The number of rotatable bonds is 5. The summed E-state index contributed by atoms with van der Waals surface area (Å²) in [5.74, 6) is 1.81. The zero-order valence-corrected chi connectivity index (χ0v) is 18.7. The highest BCUT2D eigenvalue weighted by atomic mass is 16.6. The number of amides is 1. The first-order valence-corrected chi connectivity index (χ1v) is 11.4. The number of hydrogen-bond donors (Lipinski definition) is 2. The molecule has 178 valence electrons. The minimum Gasteiger partial charge on any atom is -0.507 e. The van der Waals surface area contributed by atoms with E-state index in [9.17, 15) is 9.90 Å². The molecule has 0 spiro atoms. The molecule has 5 rings (SSSR count). The lowest BCUT2D eigenvalue weighted by Crippen LogP contribution is -2.34. The van der Waals surface area contributed by atoms with Crippen LogP contribution in [0.25, 0.3) is 22.3 Å². The van der Waals surface area contributed by atoms with Gasteiger partial charge in [-0.15, -0.1) is 0 Å². The Hall–Kier alpha value is -3.39. The van der Waals surface area contributed by atoms with E-state index in [1.807, 2.05) is 25.1 Å². The van der Waals surface area contributed by atoms with Crippen molar-refractivity contribution in [1.82, 2.24) is 15.3 Å². The predicted octanol–water partition coefficient (Wildman–Crippen LogP) is 4.39. The van der Waals surface area contributed by atoms with Crippen LogP contribution in [0.5, 0.6) is 5.75 Å². The number of aryl methyl sites for hydroxylation is 1. The van der Waals surface area contributed by atoms with E-state index in [0.29, 0.717) is 37.1 Å². The summed E-state index contributed by atoms with van der Waals surface area (Å²) in [5.41, 5.74) is 2.57. The highest BCUT2D eigenvalue weighted by molar-refractivity contribution is 5.92. The van der Waals surface area contributed by atoms with Crippen molar-refractivity contribution in [1.29, 1.82) is 0 Å². The molecule has 2 fully saturated rings. The van der Waals surface area contributed by atoms with Crippen LogP contribution in [0.1, 0.15) is 22.7 Å². The molecule has 2 atom stereocenters. The summed E-state index contributed by atoms with van der Waals surface area (Å²) < 4.78 is 10.6. The van der Waals surface area contributed by atoms with E-state index in [1.165, 1.54) is 0 Å². The molecule has 3 aromatic rings. The maximum absolute atomic E-state index is 12.1. The van der Waals surface area contributed by atoms with Gasteiger partial charge in [-0.3, -0.25) is 0 Å². The summed E-state index contributed by atoms with van der Waals surface area (Å²) in [4.78, 5) is 24.0. The molecule has 33 heavy (non-hydrogen) atoms. The molecule has 3 heterocycles. The van der Waals surface area contributed by atoms with Gasteiger partial charge in [0.2, 0.25) is 0 Å². The number of phenols is 1. The molecule has 1 amide bonds. The Morgan fingerprint density at radius 3 is 2.97 bits per heavy atom. The molecule has 0 radical (unpaired) electrons. The monoisotopic (exact) mass is 454 g/mol. The Morgan fingerprint density at radius 2 is 2.15 bits per heavy atom. The topological polar surface area (TPSA) is 96.8 Å². The summed E-state index contributed by atoms with van der Waals surface area (Å²) in [6, 6.07) is 13.3. The number of carbonyl (C=O) groups is 1. The van der Waals surface area contributed by atoms with Crippen LogP contribution in [0.15, 0.2) is 42.5 Å². The number of alkyl carbamates (subject to hydrolysis) is 1. The van der Waals surface area contributed by atoms with Crippen molar-refractivity contribution in [3.63, 3.8) is 0 Å². The van der Waals surface area contributed by atoms with Gasteiger partial charge in [-0.2, -0.15) is 0 Å². The van der Waals surface area contributed by atoms with Gasteiger partial charge in [0.05, 0.1) is 24.3 Å². The van der Waals surface area contributed by atoms with Crippen LogP contribution in [0, 0.1) is 12.8 Å². The van der Waals surface area contributed by atoms with Crippen molar-refractivity contribution < 1.29 is 23.7 Å². The number of para-hydroxylation sites is 1. The molecule has 8 heteroatoms. The number of benzene rings is 2. The number of hydrogen-bond acceptors (Lipinski definition) is 7. The summed E-state index contributed by atoms with van der Waals surface area (Å²) in [6.07, 6.45) is 1.17. The Morgan fingerprint density at radius 1 is 1.27 bits per heavy atom. The first-order valence-electron chi connectivity index (χ1n) is 11.4. The van der Waals surface area contributed by atoms with E-state index >= 15 is 0 Å². The Kier molecular flexibility index (Phi) is 6.00. The van der Waals surface area contributed by atoms with E-state index in [0.717, 1.165) is 48.2 Å². The molecule has 2 aliphatic heterocycles. The molecule has 1 aromatic heterocycles. The number of anilines is 1. The largest absolute Gasteiger partial charge is 0.507 e. The van der Waals surface area contributed by atoms with E-state index in [2.05, 4.69) is 22.3 Å². The second kappa shape index (κ2) is 9.23. The fourth-order valence-electron chi connectivity index (χ4n) is 4.47. The fraction of sp³-hybridized carbons (Fsp3) is 0.400. The zero-order chi connectivity index (χ0) is 22.8. The molecule has 0 saturated carbocycles. The van der Waals surface area contributed by atoms with Gasteiger partial charge in [-0.25, -0.2) is 14.8 Å². The molecule has 0 aliphatic carbocycles. The van der Waals surface area contributed by atoms with Gasteiger partial charge in [0, 0.05) is 35.7 Å². The number of fused-ring (bicyclic) bond motifs is 1. The summed E-state index contributed by atoms with van der Waals surface area (Å²) >= 11 is 0. The van der Waals surface area contributed by atoms with Crippen molar-refractivity contribution >= 4 is 22.8 Å². The highest BCUT2D eigenvalue weighted by Gasteiger charge is 2.27. The Bertz CT molecular complexity index is 1180. The van der Waals surface area contributed by atoms with E-state index in [4.69, 9.17) is 19.4 Å². The van der Waals surface area contributed by atoms with Crippen LogP contribution >= 0.6 is 0 Å². The van der Waals surface area contributed by atoms with Crippen LogP contribution in [0.4, 0.5) is 10.6 Å². The third-order valence-electron chi connectivity index (χ3n) is 6.26. The molecular formula is C25H34N4O4. The van der Waals surface area contributed by atoms with E-state index in [1.54, 1.807) is 12.1 Å². The van der Waals surface area contributed by atoms with Crippen LogP contribution in [0.2, 0.25) is 0 Å². The number of nitrogens with one attached hydrogen (secondary N) is 1. The number of ether oxygens (including phenoxy) is 2. The third kappa shape index (κ3) is 4.71. The zero-order valence-electron chi connectivity index (χ0n) is 18.7. The highest BCUT2D eigenvalue weighted by Crippen LogP contribution is 2.33. The molecule has 2 saturated heterocycles. The number of carbonyl (C=O) groups excluding carboxylic acids is 1. The van der Waals surface area contributed by atoms with Crippen LogP contribution < -0.4 is 10.2 Å². The van der Waals surface area contributed by atoms with E-state index in [-0.39, 0.29) is 22.2 Å². The average Bonchev–Trinajstić information content (AvgIpc) is 3.49. The Labute approximate surface area is 197 Å². The van der Waals surface area contributed by atoms with Crippen molar-refractivity contribution in [3.05, 3.63) is 48.0 Å². The summed E-state index contributed by atoms with van der Waals surface area (Å²) in [5, 5.41) is 14.2. The van der Waals surface area contributed by atoms with Gasteiger partial charge in [-0.1, -0.05) is 18.2 Å². The lowest BCUT2D eigenvalue weighted by atomic mass is 10.1. The van der Waals surface area contributed by atoms with Crippen molar-refractivity contribution in [3.8, 4) is 17.1 Å². The SMILES string of the molecule is Cc1ccc2c(N3CC[C@@H](CNC(=O)O[C@H]4CCOC4)C3)nc(-c3ccccc3O)nc2c1.[HH].[HH].[HH]. The molecule has 0 unspecified atom stereocenters. The van der Waals surface area contributed by atoms with Gasteiger partial charge in [0.15, 0.2) is 5.82 Å². The lowest BCUT2D eigenvalue weighted by molar-refractivity contribution is 0.0825. The van der Waals surface area contributed by atoms with Gasteiger partial charge in [0.25, 0.3) is 0 Å². The Balaban J connectivity index is 0.00000152. The maximum Gasteiger partial charge on any atom is 0.407 e.